The van der Waals surface area contributed by atoms with Gasteiger partial charge in [-0.3, -0.25) is 4.68 Å². The molecule has 18 heavy (non-hydrogen) atoms. The Morgan fingerprint density at radius 1 is 1.50 bits per heavy atom. The molecule has 3 atom stereocenters. The van der Waals surface area contributed by atoms with Crippen molar-refractivity contribution < 1.29 is 5.11 Å². The van der Waals surface area contributed by atoms with Gasteiger partial charge in [0.05, 0.1) is 6.20 Å². The number of hydrogen-bond donors (Lipinski definition) is 2. The summed E-state index contributed by atoms with van der Waals surface area (Å²) in [6.45, 7) is 0.261. The van der Waals surface area contributed by atoms with Crippen LogP contribution in [0.1, 0.15) is 36.6 Å². The predicted octanol–water partition coefficient (Wildman–Crippen LogP) is 1.32. The first-order valence-corrected chi connectivity index (χ1v) is 6.84. The number of fused-ring (bicyclic) bond motifs is 1. The standard InChI is InChI=1S/C14H21N3O/c1-17-14-4-2-3-13(12(14)8-15-17)16-11-6-5-10(7-11)9-18/h5-6,8,10-11,13,16,18H,2-4,7,9H2,1H3/t10-,11+,13+/m0/s1. The van der Waals surface area contributed by atoms with Crippen LogP contribution in [0.3, 0.4) is 0 Å². The van der Waals surface area contributed by atoms with Crippen molar-refractivity contribution >= 4 is 0 Å². The minimum Gasteiger partial charge on any atom is -0.396 e. The van der Waals surface area contributed by atoms with E-state index in [0.29, 0.717) is 18.0 Å². The molecule has 0 saturated heterocycles. The van der Waals surface area contributed by atoms with Gasteiger partial charge in [0.1, 0.15) is 0 Å². The lowest BCUT2D eigenvalue weighted by atomic mass is 9.92. The number of nitrogens with zero attached hydrogens (tertiary/aromatic N) is 2. The quantitative estimate of drug-likeness (QED) is 0.792. The molecule has 0 aromatic carbocycles. The summed E-state index contributed by atoms with van der Waals surface area (Å²) in [6.07, 6.45) is 10.9. The summed E-state index contributed by atoms with van der Waals surface area (Å²) in [7, 11) is 2.03. The van der Waals surface area contributed by atoms with Gasteiger partial charge in [0.15, 0.2) is 0 Å². The van der Waals surface area contributed by atoms with Crippen LogP contribution in [-0.2, 0) is 13.5 Å². The van der Waals surface area contributed by atoms with Crippen LogP contribution < -0.4 is 5.32 Å². The van der Waals surface area contributed by atoms with Gasteiger partial charge in [-0.25, -0.2) is 0 Å². The molecule has 1 aromatic rings. The molecule has 0 aliphatic heterocycles. The molecular formula is C14H21N3O. The first-order chi connectivity index (χ1) is 8.78. The molecule has 0 saturated carbocycles. The van der Waals surface area contributed by atoms with Crippen molar-refractivity contribution in [1.82, 2.24) is 15.1 Å². The van der Waals surface area contributed by atoms with Gasteiger partial charge in [-0.15, -0.1) is 0 Å². The minimum absolute atomic E-state index is 0.261. The van der Waals surface area contributed by atoms with Crippen molar-refractivity contribution in [2.24, 2.45) is 13.0 Å². The number of aromatic nitrogens is 2. The van der Waals surface area contributed by atoms with Gasteiger partial charge in [-0.2, -0.15) is 5.10 Å². The molecule has 3 rings (SSSR count). The van der Waals surface area contributed by atoms with E-state index >= 15 is 0 Å². The fraction of sp³-hybridized carbons (Fsp3) is 0.643. The van der Waals surface area contributed by atoms with Gasteiger partial charge >= 0.3 is 0 Å². The third-order valence-corrected chi connectivity index (χ3v) is 4.20. The second kappa shape index (κ2) is 4.86. The van der Waals surface area contributed by atoms with Gasteiger partial charge in [0.2, 0.25) is 0 Å². The molecule has 1 aromatic heterocycles. The smallest absolute Gasteiger partial charge is 0.0540 e. The number of hydrogen-bond acceptors (Lipinski definition) is 3. The maximum Gasteiger partial charge on any atom is 0.0540 e. The van der Waals surface area contributed by atoms with Crippen LogP contribution in [0, 0.1) is 5.92 Å². The topological polar surface area (TPSA) is 50.1 Å². The maximum absolute atomic E-state index is 9.16. The van der Waals surface area contributed by atoms with E-state index in [4.69, 9.17) is 5.11 Å². The summed E-state index contributed by atoms with van der Waals surface area (Å²) < 4.78 is 2.00. The maximum atomic E-state index is 9.16. The first kappa shape index (κ1) is 11.9. The molecule has 4 nitrogen and oxygen atoms in total. The highest BCUT2D eigenvalue weighted by Crippen LogP contribution is 2.31. The highest BCUT2D eigenvalue weighted by molar-refractivity contribution is 5.25. The van der Waals surface area contributed by atoms with Crippen LogP contribution in [0.4, 0.5) is 0 Å². The van der Waals surface area contributed by atoms with E-state index in [-0.39, 0.29) is 6.61 Å². The molecule has 4 heteroatoms. The Kier molecular flexibility index (Phi) is 3.22. The molecule has 2 aliphatic carbocycles. The van der Waals surface area contributed by atoms with Crippen LogP contribution in [0.5, 0.6) is 0 Å². The van der Waals surface area contributed by atoms with Crippen LogP contribution in [-0.4, -0.2) is 27.5 Å². The van der Waals surface area contributed by atoms with Gasteiger partial charge in [0.25, 0.3) is 0 Å². The first-order valence-electron chi connectivity index (χ1n) is 6.84. The lowest BCUT2D eigenvalue weighted by Gasteiger charge is -2.26. The molecule has 2 N–H and O–H groups in total. The summed E-state index contributed by atoms with van der Waals surface area (Å²) in [5.74, 6) is 0.333. The highest BCUT2D eigenvalue weighted by Gasteiger charge is 2.27. The zero-order chi connectivity index (χ0) is 12.5. The van der Waals surface area contributed by atoms with Crippen molar-refractivity contribution in [3.05, 3.63) is 29.6 Å². The molecule has 2 aliphatic rings. The summed E-state index contributed by atoms with van der Waals surface area (Å²) in [6, 6.07) is 0.827. The van der Waals surface area contributed by atoms with E-state index in [1.807, 2.05) is 17.9 Å². The van der Waals surface area contributed by atoms with Gasteiger partial charge < -0.3 is 10.4 Å². The Bertz CT molecular complexity index is 452. The highest BCUT2D eigenvalue weighted by atomic mass is 16.3. The molecule has 0 spiro atoms. The van der Waals surface area contributed by atoms with Crippen molar-refractivity contribution in [1.29, 1.82) is 0 Å². The molecule has 0 unspecified atom stereocenters. The zero-order valence-electron chi connectivity index (χ0n) is 10.8. The van der Waals surface area contributed by atoms with Gasteiger partial charge in [-0.05, 0) is 25.7 Å². The van der Waals surface area contributed by atoms with E-state index in [1.54, 1.807) is 0 Å². The Balaban J connectivity index is 1.70. The van der Waals surface area contributed by atoms with Crippen molar-refractivity contribution in [3.8, 4) is 0 Å². The number of aryl methyl sites for hydroxylation is 1. The third-order valence-electron chi connectivity index (χ3n) is 4.20. The van der Waals surface area contributed by atoms with E-state index in [0.717, 1.165) is 12.8 Å². The third kappa shape index (κ3) is 2.10. The van der Waals surface area contributed by atoms with Crippen molar-refractivity contribution in [2.45, 2.75) is 37.8 Å². The largest absolute Gasteiger partial charge is 0.396 e. The predicted molar refractivity (Wildman–Crippen MR) is 70.1 cm³/mol. The molecular weight excluding hydrogens is 226 g/mol. The van der Waals surface area contributed by atoms with Gasteiger partial charge in [-0.1, -0.05) is 12.2 Å². The monoisotopic (exact) mass is 247 g/mol. The Labute approximate surface area is 108 Å². The molecule has 1 heterocycles. The summed E-state index contributed by atoms with van der Waals surface area (Å²) >= 11 is 0. The van der Waals surface area contributed by atoms with Crippen molar-refractivity contribution in [3.63, 3.8) is 0 Å². The lowest BCUT2D eigenvalue weighted by molar-refractivity contribution is 0.243. The SMILES string of the molecule is Cn1ncc2c1CCC[C@H]2N[C@@H]1C=C[C@H](CO)C1. The lowest BCUT2D eigenvalue weighted by Crippen LogP contribution is -2.33. The van der Waals surface area contributed by atoms with E-state index in [1.165, 1.54) is 24.1 Å². The Hall–Kier alpha value is -1.13. The van der Waals surface area contributed by atoms with Crippen molar-refractivity contribution in [2.75, 3.05) is 6.61 Å². The molecule has 0 bridgehead atoms. The van der Waals surface area contributed by atoms with Crippen LogP contribution in [0.15, 0.2) is 18.3 Å². The fourth-order valence-electron chi connectivity index (χ4n) is 3.17. The molecule has 0 radical (unpaired) electrons. The normalized spacial score (nSPS) is 30.7. The molecule has 0 fully saturated rings. The summed E-state index contributed by atoms with van der Waals surface area (Å²) in [4.78, 5) is 0. The Morgan fingerprint density at radius 3 is 3.17 bits per heavy atom. The minimum atomic E-state index is 0.261. The second-order valence-electron chi connectivity index (χ2n) is 5.45. The van der Waals surface area contributed by atoms with Crippen LogP contribution in [0.25, 0.3) is 0 Å². The summed E-state index contributed by atoms with van der Waals surface area (Å²) in [5.41, 5.74) is 2.74. The number of nitrogens with one attached hydrogen (secondary N) is 1. The average molecular weight is 247 g/mol. The summed E-state index contributed by atoms with van der Waals surface area (Å²) in [5, 5.41) is 17.2. The average Bonchev–Trinajstić information content (AvgIpc) is 2.98. The van der Waals surface area contributed by atoms with E-state index in [2.05, 4.69) is 22.6 Å². The van der Waals surface area contributed by atoms with E-state index < -0.39 is 0 Å². The number of aliphatic hydroxyl groups excluding tert-OH is 1. The zero-order valence-corrected chi connectivity index (χ0v) is 10.8. The number of rotatable bonds is 3. The second-order valence-corrected chi connectivity index (χ2v) is 5.45. The molecule has 0 amide bonds. The van der Waals surface area contributed by atoms with E-state index in [9.17, 15) is 0 Å². The Morgan fingerprint density at radius 2 is 2.39 bits per heavy atom. The van der Waals surface area contributed by atoms with Crippen LogP contribution in [0.2, 0.25) is 0 Å². The number of aliphatic hydroxyl groups is 1. The van der Waals surface area contributed by atoms with Crippen LogP contribution >= 0.6 is 0 Å². The molecule has 98 valence electrons. The van der Waals surface area contributed by atoms with Gasteiger partial charge in [0, 0.05) is 42.9 Å². The fourth-order valence-corrected chi connectivity index (χ4v) is 3.17.